The molecule has 3 atom stereocenters. The number of carbonyl (C=O) groups excluding carboxylic acids is 1. The number of hydrogen-bond acceptors (Lipinski definition) is 3. The van der Waals surface area contributed by atoms with E-state index in [-0.39, 0.29) is 5.91 Å². The molecule has 0 aliphatic carbocycles. The van der Waals surface area contributed by atoms with Gasteiger partial charge in [0, 0.05) is 31.9 Å². The number of likely N-dealkylation sites (tertiary alicyclic amines) is 1. The quantitative estimate of drug-likeness (QED) is 0.855. The summed E-state index contributed by atoms with van der Waals surface area (Å²) in [6.45, 7) is 9.36. The van der Waals surface area contributed by atoms with E-state index in [0.29, 0.717) is 23.6 Å². The average molecular weight is 276 g/mol. The second kappa shape index (κ2) is 5.11. The molecule has 1 amide bonds. The van der Waals surface area contributed by atoms with Crippen molar-refractivity contribution in [1.82, 2.24) is 14.5 Å². The van der Waals surface area contributed by atoms with Gasteiger partial charge in [-0.2, -0.15) is 0 Å². The number of nitrogens with one attached hydrogen (secondary N) is 1. The molecule has 1 saturated heterocycles. The Bertz CT molecular complexity index is 486. The van der Waals surface area contributed by atoms with Crippen molar-refractivity contribution >= 4 is 11.9 Å². The topological polar surface area (TPSA) is 50.2 Å². The van der Waals surface area contributed by atoms with Crippen molar-refractivity contribution in [2.24, 2.45) is 11.8 Å². The molecule has 2 aliphatic heterocycles. The summed E-state index contributed by atoms with van der Waals surface area (Å²) in [7, 11) is 0. The first-order chi connectivity index (χ1) is 9.56. The van der Waals surface area contributed by atoms with Gasteiger partial charge in [0.15, 0.2) is 0 Å². The van der Waals surface area contributed by atoms with Gasteiger partial charge in [-0.15, -0.1) is 0 Å². The van der Waals surface area contributed by atoms with Crippen molar-refractivity contribution in [2.75, 3.05) is 18.4 Å². The molecule has 3 unspecified atom stereocenters. The van der Waals surface area contributed by atoms with Gasteiger partial charge in [-0.05, 0) is 31.6 Å². The molecule has 1 fully saturated rings. The molecular formula is C15H24N4O. The minimum Gasteiger partial charge on any atom is -0.356 e. The zero-order valence-electron chi connectivity index (χ0n) is 12.6. The molecule has 5 heteroatoms. The van der Waals surface area contributed by atoms with Crippen molar-refractivity contribution in [3.8, 4) is 0 Å². The fourth-order valence-corrected chi connectivity index (χ4v) is 3.41. The Labute approximate surface area is 120 Å². The average Bonchev–Trinajstić information content (AvgIpc) is 2.86. The van der Waals surface area contributed by atoms with Gasteiger partial charge in [-0.1, -0.05) is 13.8 Å². The zero-order valence-corrected chi connectivity index (χ0v) is 12.6. The first-order valence-electron chi connectivity index (χ1n) is 7.68. The molecule has 0 aromatic carbocycles. The van der Waals surface area contributed by atoms with Gasteiger partial charge in [0.1, 0.15) is 5.69 Å². The summed E-state index contributed by atoms with van der Waals surface area (Å²) >= 11 is 0. The number of rotatable bonds is 1. The highest BCUT2D eigenvalue weighted by Gasteiger charge is 2.33. The second-order valence-electron chi connectivity index (χ2n) is 6.44. The first kappa shape index (κ1) is 13.5. The van der Waals surface area contributed by atoms with Gasteiger partial charge in [0.05, 0.1) is 0 Å². The lowest BCUT2D eigenvalue weighted by Crippen LogP contribution is -2.48. The van der Waals surface area contributed by atoms with Crippen LogP contribution in [0.25, 0.3) is 0 Å². The van der Waals surface area contributed by atoms with Gasteiger partial charge in [0.25, 0.3) is 5.91 Å². The van der Waals surface area contributed by atoms with Crippen LogP contribution in [-0.4, -0.2) is 39.5 Å². The number of nitrogens with zero attached hydrogens (tertiary/aromatic N) is 3. The Balaban J connectivity index is 1.82. The third kappa shape index (κ3) is 2.30. The lowest BCUT2D eigenvalue weighted by molar-refractivity contribution is 0.0450. The highest BCUT2D eigenvalue weighted by Crippen LogP contribution is 2.28. The number of anilines is 1. The molecule has 20 heavy (non-hydrogen) atoms. The molecule has 2 aliphatic rings. The molecule has 3 rings (SSSR count). The number of amides is 1. The molecule has 1 N–H and O–H groups in total. The van der Waals surface area contributed by atoms with E-state index in [1.807, 2.05) is 11.1 Å². The summed E-state index contributed by atoms with van der Waals surface area (Å²) in [6, 6.07) is 0.297. The predicted molar refractivity (Wildman–Crippen MR) is 78.8 cm³/mol. The molecule has 0 saturated carbocycles. The second-order valence-corrected chi connectivity index (χ2v) is 6.44. The highest BCUT2D eigenvalue weighted by atomic mass is 16.2. The minimum absolute atomic E-state index is 0.0830. The number of aromatic nitrogens is 2. The fraction of sp³-hybridized carbons (Fsp3) is 0.733. The van der Waals surface area contributed by atoms with E-state index in [1.165, 1.54) is 6.42 Å². The van der Waals surface area contributed by atoms with E-state index in [0.717, 1.165) is 32.0 Å². The first-order valence-corrected chi connectivity index (χ1v) is 7.68. The minimum atomic E-state index is 0.0830. The van der Waals surface area contributed by atoms with Gasteiger partial charge < -0.3 is 14.8 Å². The molecule has 3 heterocycles. The standard InChI is InChI=1S/C15H24N4O/c1-10-7-11(2)12(3)19(8-10)14(20)13-9-18-6-4-5-16-15(18)17-13/h9-12H,4-8H2,1-3H3,(H,16,17). The van der Waals surface area contributed by atoms with Crippen LogP contribution < -0.4 is 5.32 Å². The van der Waals surface area contributed by atoms with E-state index in [9.17, 15) is 4.79 Å². The maximum absolute atomic E-state index is 12.7. The van der Waals surface area contributed by atoms with Crippen LogP contribution in [0.15, 0.2) is 6.20 Å². The third-order valence-electron chi connectivity index (χ3n) is 4.71. The van der Waals surface area contributed by atoms with Gasteiger partial charge in [0.2, 0.25) is 5.95 Å². The summed E-state index contributed by atoms with van der Waals surface area (Å²) in [5.41, 5.74) is 0.586. The van der Waals surface area contributed by atoms with Crippen LogP contribution in [0, 0.1) is 11.8 Å². The van der Waals surface area contributed by atoms with Gasteiger partial charge >= 0.3 is 0 Å². The Morgan fingerprint density at radius 1 is 1.40 bits per heavy atom. The van der Waals surface area contributed by atoms with Crippen molar-refractivity contribution in [2.45, 2.75) is 46.2 Å². The van der Waals surface area contributed by atoms with E-state index in [1.54, 1.807) is 0 Å². The number of aryl methyl sites for hydroxylation is 1. The summed E-state index contributed by atoms with van der Waals surface area (Å²) in [5.74, 6) is 2.04. The van der Waals surface area contributed by atoms with E-state index in [4.69, 9.17) is 0 Å². The predicted octanol–water partition coefficient (Wildman–Crippen LogP) is 2.21. The van der Waals surface area contributed by atoms with Crippen LogP contribution in [0.5, 0.6) is 0 Å². The molecule has 110 valence electrons. The number of piperidine rings is 1. The molecule has 0 radical (unpaired) electrons. The van der Waals surface area contributed by atoms with Crippen LogP contribution in [-0.2, 0) is 6.54 Å². The van der Waals surface area contributed by atoms with Gasteiger partial charge in [-0.3, -0.25) is 4.79 Å². The highest BCUT2D eigenvalue weighted by molar-refractivity contribution is 5.93. The molecule has 1 aromatic rings. The number of hydrogen-bond donors (Lipinski definition) is 1. The largest absolute Gasteiger partial charge is 0.356 e. The summed E-state index contributed by atoms with van der Waals surface area (Å²) in [6.07, 6.45) is 4.19. The maximum Gasteiger partial charge on any atom is 0.274 e. The number of fused-ring (bicyclic) bond motifs is 1. The Morgan fingerprint density at radius 2 is 2.20 bits per heavy atom. The molecule has 0 spiro atoms. The zero-order chi connectivity index (χ0) is 14.3. The lowest BCUT2D eigenvalue weighted by atomic mass is 9.86. The Hall–Kier alpha value is -1.52. The summed E-state index contributed by atoms with van der Waals surface area (Å²) in [4.78, 5) is 19.2. The smallest absolute Gasteiger partial charge is 0.274 e. The third-order valence-corrected chi connectivity index (χ3v) is 4.71. The van der Waals surface area contributed by atoms with E-state index < -0.39 is 0 Å². The van der Waals surface area contributed by atoms with Crippen LogP contribution in [0.4, 0.5) is 5.95 Å². The van der Waals surface area contributed by atoms with Crippen LogP contribution in [0.3, 0.4) is 0 Å². The van der Waals surface area contributed by atoms with Crippen LogP contribution in [0.1, 0.15) is 44.1 Å². The summed E-state index contributed by atoms with van der Waals surface area (Å²) in [5, 5.41) is 3.25. The molecular weight excluding hydrogens is 252 g/mol. The van der Waals surface area contributed by atoms with Crippen LogP contribution >= 0.6 is 0 Å². The Morgan fingerprint density at radius 3 is 2.95 bits per heavy atom. The van der Waals surface area contributed by atoms with Crippen molar-refractivity contribution in [3.63, 3.8) is 0 Å². The van der Waals surface area contributed by atoms with Crippen molar-refractivity contribution in [1.29, 1.82) is 0 Å². The monoisotopic (exact) mass is 276 g/mol. The SMILES string of the molecule is CC1CC(C)C(C)N(C(=O)c2cn3c(n2)NCCC3)C1. The van der Waals surface area contributed by atoms with E-state index >= 15 is 0 Å². The van der Waals surface area contributed by atoms with Crippen molar-refractivity contribution < 1.29 is 4.79 Å². The normalized spacial score (nSPS) is 29.8. The summed E-state index contributed by atoms with van der Waals surface area (Å²) < 4.78 is 2.05. The van der Waals surface area contributed by atoms with E-state index in [2.05, 4.69) is 35.6 Å². The lowest BCUT2D eigenvalue weighted by Gasteiger charge is -2.40. The number of carbonyl (C=O) groups is 1. The maximum atomic E-state index is 12.7. The molecule has 1 aromatic heterocycles. The van der Waals surface area contributed by atoms with Gasteiger partial charge in [-0.25, -0.2) is 4.98 Å². The van der Waals surface area contributed by atoms with Crippen LogP contribution in [0.2, 0.25) is 0 Å². The van der Waals surface area contributed by atoms with Crippen molar-refractivity contribution in [3.05, 3.63) is 11.9 Å². The Kier molecular flexibility index (Phi) is 3.44. The number of imidazole rings is 1. The molecule has 5 nitrogen and oxygen atoms in total. The fourth-order valence-electron chi connectivity index (χ4n) is 3.41. The molecule has 0 bridgehead atoms.